The molecule has 0 spiro atoms. The van der Waals surface area contributed by atoms with Gasteiger partial charge in [0.2, 0.25) is 0 Å². The zero-order valence-electron chi connectivity index (χ0n) is 13.2. The van der Waals surface area contributed by atoms with E-state index >= 15 is 0 Å². The van der Waals surface area contributed by atoms with Crippen LogP contribution < -0.4 is 0 Å². The van der Waals surface area contributed by atoms with Crippen molar-refractivity contribution in [1.82, 2.24) is 14.8 Å². The van der Waals surface area contributed by atoms with Crippen molar-refractivity contribution < 1.29 is 26.0 Å². The van der Waals surface area contributed by atoms with E-state index in [4.69, 9.17) is 0 Å². The van der Waals surface area contributed by atoms with Crippen molar-refractivity contribution in [2.24, 2.45) is 0 Å². The number of halogens is 4. The number of alkyl halides is 3. The molecule has 0 radical (unpaired) electrons. The van der Waals surface area contributed by atoms with Crippen LogP contribution in [0.1, 0.15) is 5.69 Å². The molecule has 3 aromatic rings. The zero-order chi connectivity index (χ0) is 19.1. The van der Waals surface area contributed by atoms with Crippen molar-refractivity contribution in [2.45, 2.75) is 11.1 Å². The van der Waals surface area contributed by atoms with Gasteiger partial charge in [-0.3, -0.25) is 0 Å². The van der Waals surface area contributed by atoms with Crippen molar-refractivity contribution in [3.8, 4) is 17.1 Å². The largest absolute Gasteiger partial charge is 0.435 e. The van der Waals surface area contributed by atoms with Crippen molar-refractivity contribution in [1.29, 1.82) is 0 Å². The van der Waals surface area contributed by atoms with Crippen LogP contribution in [0.3, 0.4) is 0 Å². The quantitative estimate of drug-likeness (QED) is 0.648. The van der Waals surface area contributed by atoms with Gasteiger partial charge in [0.1, 0.15) is 5.82 Å². The van der Waals surface area contributed by atoms with E-state index in [1.54, 1.807) is 0 Å². The van der Waals surface area contributed by atoms with Gasteiger partial charge in [0.05, 0.1) is 10.6 Å². The molecule has 0 aliphatic carbocycles. The molecule has 2 heterocycles. The summed E-state index contributed by atoms with van der Waals surface area (Å²) < 4.78 is 77.1. The number of hydrogen-bond donors (Lipinski definition) is 0. The van der Waals surface area contributed by atoms with Crippen LogP contribution >= 0.6 is 0 Å². The fourth-order valence-corrected chi connectivity index (χ4v) is 2.83. The van der Waals surface area contributed by atoms with Gasteiger partial charge in [-0.1, -0.05) is 12.1 Å². The molecule has 10 heteroatoms. The van der Waals surface area contributed by atoms with Gasteiger partial charge in [-0.2, -0.15) is 18.3 Å². The summed E-state index contributed by atoms with van der Waals surface area (Å²) in [5.41, 5.74) is -1.47. The van der Waals surface area contributed by atoms with E-state index in [0.717, 1.165) is 23.2 Å². The van der Waals surface area contributed by atoms with Crippen LogP contribution in [0.4, 0.5) is 17.6 Å². The predicted molar refractivity (Wildman–Crippen MR) is 84.9 cm³/mol. The molecule has 0 unspecified atom stereocenters. The van der Waals surface area contributed by atoms with Gasteiger partial charge < -0.3 is 0 Å². The van der Waals surface area contributed by atoms with Crippen LogP contribution in [0, 0.1) is 5.82 Å². The van der Waals surface area contributed by atoms with Crippen LogP contribution in [0.2, 0.25) is 0 Å². The first-order valence-corrected chi connectivity index (χ1v) is 9.05. The summed E-state index contributed by atoms with van der Waals surface area (Å²) >= 11 is 0. The Morgan fingerprint density at radius 1 is 1.08 bits per heavy atom. The minimum atomic E-state index is -4.74. The first-order valence-electron chi connectivity index (χ1n) is 7.16. The van der Waals surface area contributed by atoms with Gasteiger partial charge in [-0.05, 0) is 30.3 Å². The molecule has 0 aliphatic heterocycles. The Morgan fingerprint density at radius 3 is 2.31 bits per heavy atom. The van der Waals surface area contributed by atoms with E-state index in [2.05, 4.69) is 10.1 Å². The Balaban J connectivity index is 2.20. The highest BCUT2D eigenvalue weighted by molar-refractivity contribution is 7.90. The lowest BCUT2D eigenvalue weighted by Gasteiger charge is -2.08. The van der Waals surface area contributed by atoms with E-state index in [1.165, 1.54) is 30.3 Å². The van der Waals surface area contributed by atoms with E-state index in [-0.39, 0.29) is 22.0 Å². The summed E-state index contributed by atoms with van der Waals surface area (Å²) in [6.45, 7) is 0. The number of rotatable bonds is 3. The molecular formula is C16H11F4N3O2S. The molecule has 1 aromatic carbocycles. The Bertz CT molecular complexity index is 1060. The smallest absolute Gasteiger partial charge is 0.236 e. The average molecular weight is 385 g/mol. The van der Waals surface area contributed by atoms with Crippen molar-refractivity contribution >= 4 is 9.84 Å². The SMILES string of the molecule is CS(=O)(=O)c1ccc(-n2nc(C(F)(F)F)cc2-c2ccccc2F)nc1. The first-order chi connectivity index (χ1) is 12.1. The molecule has 3 rings (SSSR count). The summed E-state index contributed by atoms with van der Waals surface area (Å²) in [5.74, 6) is -0.804. The van der Waals surface area contributed by atoms with Gasteiger partial charge in [0, 0.05) is 18.0 Å². The van der Waals surface area contributed by atoms with Gasteiger partial charge in [-0.15, -0.1) is 0 Å². The second-order valence-corrected chi connectivity index (χ2v) is 7.44. The third kappa shape index (κ3) is 3.45. The monoisotopic (exact) mass is 385 g/mol. The molecule has 0 atom stereocenters. The highest BCUT2D eigenvalue weighted by atomic mass is 32.2. The molecule has 0 saturated heterocycles. The molecular weight excluding hydrogens is 374 g/mol. The molecule has 0 bridgehead atoms. The number of pyridine rings is 1. The first kappa shape index (κ1) is 18.1. The Morgan fingerprint density at radius 2 is 1.77 bits per heavy atom. The van der Waals surface area contributed by atoms with Gasteiger partial charge >= 0.3 is 6.18 Å². The molecule has 136 valence electrons. The lowest BCUT2D eigenvalue weighted by atomic mass is 10.1. The molecule has 5 nitrogen and oxygen atoms in total. The minimum absolute atomic E-state index is 0.0776. The van der Waals surface area contributed by atoms with Gasteiger partial charge in [-0.25, -0.2) is 22.5 Å². The third-order valence-electron chi connectivity index (χ3n) is 3.52. The maximum atomic E-state index is 14.1. The molecule has 0 fully saturated rings. The third-order valence-corrected chi connectivity index (χ3v) is 4.61. The van der Waals surface area contributed by atoms with Crippen LogP contribution in [0.15, 0.2) is 53.6 Å². The fraction of sp³-hybridized carbons (Fsp3) is 0.125. The topological polar surface area (TPSA) is 64.8 Å². The van der Waals surface area contributed by atoms with Gasteiger partial charge in [0.15, 0.2) is 21.3 Å². The maximum absolute atomic E-state index is 14.1. The van der Waals surface area contributed by atoms with Crippen molar-refractivity contribution in [3.05, 3.63) is 60.2 Å². The Kier molecular flexibility index (Phi) is 4.31. The molecule has 0 amide bonds. The molecule has 2 aromatic heterocycles. The number of nitrogens with zero attached hydrogens (tertiary/aromatic N) is 3. The minimum Gasteiger partial charge on any atom is -0.236 e. The summed E-state index contributed by atoms with van der Waals surface area (Å²) in [7, 11) is -3.52. The number of aromatic nitrogens is 3. The summed E-state index contributed by atoms with van der Waals surface area (Å²) in [6, 6.07) is 8.41. The maximum Gasteiger partial charge on any atom is 0.435 e. The summed E-state index contributed by atoms with van der Waals surface area (Å²) in [4.78, 5) is 3.76. The lowest BCUT2D eigenvalue weighted by molar-refractivity contribution is -0.141. The number of sulfone groups is 1. The predicted octanol–water partition coefficient (Wildman–Crippen LogP) is 3.50. The van der Waals surface area contributed by atoms with E-state index in [1.807, 2.05) is 0 Å². The zero-order valence-corrected chi connectivity index (χ0v) is 14.0. The van der Waals surface area contributed by atoms with Crippen molar-refractivity contribution in [2.75, 3.05) is 6.26 Å². The number of benzene rings is 1. The van der Waals surface area contributed by atoms with Crippen LogP contribution in [-0.4, -0.2) is 29.4 Å². The van der Waals surface area contributed by atoms with E-state index in [0.29, 0.717) is 6.07 Å². The van der Waals surface area contributed by atoms with E-state index in [9.17, 15) is 26.0 Å². The van der Waals surface area contributed by atoms with Crippen LogP contribution in [0.25, 0.3) is 17.1 Å². The molecule has 0 saturated carbocycles. The lowest BCUT2D eigenvalue weighted by Crippen LogP contribution is -2.08. The Hall–Kier alpha value is -2.75. The molecule has 26 heavy (non-hydrogen) atoms. The van der Waals surface area contributed by atoms with Crippen LogP contribution in [-0.2, 0) is 16.0 Å². The molecule has 0 aliphatic rings. The number of hydrogen-bond acceptors (Lipinski definition) is 4. The van der Waals surface area contributed by atoms with Crippen molar-refractivity contribution in [3.63, 3.8) is 0 Å². The standard InChI is InChI=1S/C16H11F4N3O2S/c1-26(24,25)10-6-7-15(21-9-10)23-13(8-14(22-23)16(18,19)20)11-4-2-3-5-12(11)17/h2-9H,1H3. The summed E-state index contributed by atoms with van der Waals surface area (Å²) in [5, 5.41) is 3.47. The summed E-state index contributed by atoms with van der Waals surface area (Å²) in [6.07, 6.45) is -2.76. The van der Waals surface area contributed by atoms with Gasteiger partial charge in [0.25, 0.3) is 0 Å². The second kappa shape index (κ2) is 6.20. The molecule has 0 N–H and O–H groups in total. The second-order valence-electron chi connectivity index (χ2n) is 5.43. The average Bonchev–Trinajstić information content (AvgIpc) is 3.00. The van der Waals surface area contributed by atoms with E-state index < -0.39 is 27.5 Å². The highest BCUT2D eigenvalue weighted by Gasteiger charge is 2.35. The normalized spacial score (nSPS) is 12.3. The van der Waals surface area contributed by atoms with Crippen LogP contribution in [0.5, 0.6) is 0 Å². The highest BCUT2D eigenvalue weighted by Crippen LogP contribution is 2.33. The fourth-order valence-electron chi connectivity index (χ4n) is 2.27. The Labute approximate surface area is 145 Å².